The lowest BCUT2D eigenvalue weighted by atomic mass is 10.1. The predicted molar refractivity (Wildman–Crippen MR) is 71.7 cm³/mol. The predicted octanol–water partition coefficient (Wildman–Crippen LogP) is 1.14. The molecule has 3 rings (SSSR count). The first-order chi connectivity index (χ1) is 9.70. The van der Waals surface area contributed by atoms with Crippen LogP contribution in [0.5, 0.6) is 5.75 Å². The summed E-state index contributed by atoms with van der Waals surface area (Å²) in [5.74, 6) is 1.25. The van der Waals surface area contributed by atoms with Crippen LogP contribution in [0, 0.1) is 0 Å². The van der Waals surface area contributed by atoms with E-state index in [1.54, 1.807) is 0 Å². The fourth-order valence-corrected chi connectivity index (χ4v) is 2.77. The number of hydrogen-bond acceptors (Lipinski definition) is 6. The highest BCUT2D eigenvalue weighted by atomic mass is 35.5. The molecule has 1 aromatic rings. The van der Waals surface area contributed by atoms with Crippen LogP contribution < -0.4 is 15.1 Å². The van der Waals surface area contributed by atoms with Crippen LogP contribution in [-0.4, -0.2) is 41.9 Å². The summed E-state index contributed by atoms with van der Waals surface area (Å²) < 4.78 is 11.3. The van der Waals surface area contributed by atoms with Gasteiger partial charge in [0.05, 0.1) is 31.0 Å². The molecular weight excluding hydrogens is 284 g/mol. The first-order valence-corrected chi connectivity index (χ1v) is 6.70. The second-order valence-electron chi connectivity index (χ2n) is 4.79. The number of nitrogens with zero attached hydrogens (tertiary/aromatic N) is 5. The number of rotatable bonds is 3. The molecule has 0 aliphatic carbocycles. The maximum atomic E-state index is 8.50. The van der Waals surface area contributed by atoms with Crippen LogP contribution >= 0.6 is 11.6 Å². The first kappa shape index (κ1) is 13.3. The van der Waals surface area contributed by atoms with Crippen LogP contribution in [-0.2, 0) is 11.3 Å². The van der Waals surface area contributed by atoms with Crippen LogP contribution in [0.2, 0.25) is 5.28 Å². The van der Waals surface area contributed by atoms with Gasteiger partial charge in [-0.15, -0.1) is 0 Å². The topological polar surface area (TPSA) is 94.2 Å². The highest BCUT2D eigenvalue weighted by molar-refractivity contribution is 6.28. The van der Waals surface area contributed by atoms with Crippen molar-refractivity contribution in [1.82, 2.24) is 15.4 Å². The number of fused-ring (bicyclic) bond motifs is 3. The number of aromatic nitrogens is 2. The quantitative estimate of drug-likeness (QED) is 0.511. The van der Waals surface area contributed by atoms with E-state index in [9.17, 15) is 0 Å². The van der Waals surface area contributed by atoms with E-state index in [0.717, 1.165) is 0 Å². The third-order valence-corrected chi connectivity index (χ3v) is 3.58. The molecule has 8 nitrogen and oxygen atoms in total. The monoisotopic (exact) mass is 297 g/mol. The zero-order valence-electron chi connectivity index (χ0n) is 10.9. The molecular formula is C11H14ClN6O2-. The largest absolute Gasteiger partial charge is 0.486 e. The van der Waals surface area contributed by atoms with E-state index in [0.29, 0.717) is 37.1 Å². The Morgan fingerprint density at radius 1 is 1.45 bits per heavy atom. The van der Waals surface area contributed by atoms with Gasteiger partial charge in [-0.05, 0) is 18.5 Å². The van der Waals surface area contributed by atoms with E-state index >= 15 is 0 Å². The van der Waals surface area contributed by atoms with Gasteiger partial charge in [-0.2, -0.15) is 4.98 Å². The van der Waals surface area contributed by atoms with E-state index in [4.69, 9.17) is 26.6 Å². The van der Waals surface area contributed by atoms with Gasteiger partial charge in [0.25, 0.3) is 0 Å². The second kappa shape index (κ2) is 5.37. The summed E-state index contributed by atoms with van der Waals surface area (Å²) in [6, 6.07) is 0.311. The van der Waals surface area contributed by atoms with Gasteiger partial charge < -0.3 is 25.3 Å². The molecule has 0 aromatic carbocycles. The molecule has 108 valence electrons. The second-order valence-corrected chi connectivity index (χ2v) is 5.12. The molecule has 0 spiro atoms. The van der Waals surface area contributed by atoms with Gasteiger partial charge in [0.15, 0.2) is 11.6 Å². The van der Waals surface area contributed by atoms with Crippen molar-refractivity contribution in [3.63, 3.8) is 0 Å². The van der Waals surface area contributed by atoms with Gasteiger partial charge >= 0.3 is 0 Å². The van der Waals surface area contributed by atoms with Crippen LogP contribution in [0.4, 0.5) is 5.82 Å². The third-order valence-electron chi connectivity index (χ3n) is 3.41. The molecule has 0 saturated carbocycles. The summed E-state index contributed by atoms with van der Waals surface area (Å²) in [4.78, 5) is 10.6. The molecule has 1 saturated heterocycles. The minimum absolute atomic E-state index is 0.126. The molecule has 1 fully saturated rings. The zero-order valence-corrected chi connectivity index (χ0v) is 11.7. The fraction of sp³-hybridized carbons (Fsp3) is 0.636. The first-order valence-electron chi connectivity index (χ1n) is 6.33. The van der Waals surface area contributed by atoms with Crippen molar-refractivity contribution in [1.29, 1.82) is 0 Å². The van der Waals surface area contributed by atoms with E-state index in [-0.39, 0.29) is 23.9 Å². The lowest BCUT2D eigenvalue weighted by Gasteiger charge is -2.44. The average Bonchev–Trinajstić information content (AvgIpc) is 2.44. The molecule has 9 heteroatoms. The number of halogens is 1. The van der Waals surface area contributed by atoms with Gasteiger partial charge in [0, 0.05) is 6.54 Å². The molecule has 2 atom stereocenters. The fourth-order valence-electron chi connectivity index (χ4n) is 2.59. The van der Waals surface area contributed by atoms with Gasteiger partial charge in [-0.1, -0.05) is 0 Å². The van der Waals surface area contributed by atoms with E-state index in [1.807, 2.05) is 0 Å². The minimum Gasteiger partial charge on any atom is -0.486 e. The number of ether oxygens (including phenoxy) is 2. The van der Waals surface area contributed by atoms with Crippen LogP contribution in [0.15, 0.2) is 5.22 Å². The Labute approximate surface area is 120 Å². The summed E-state index contributed by atoms with van der Waals surface area (Å²) in [6.07, 6.45) is 0. The van der Waals surface area contributed by atoms with Gasteiger partial charge in [0.2, 0.25) is 5.28 Å². The summed E-state index contributed by atoms with van der Waals surface area (Å²) in [5.41, 5.74) is 11.5. The third kappa shape index (κ3) is 2.25. The van der Waals surface area contributed by atoms with Crippen molar-refractivity contribution >= 4 is 17.4 Å². The summed E-state index contributed by atoms with van der Waals surface area (Å²) in [6.45, 7) is 4.02. The Hall–Kier alpha value is -1.67. The molecule has 0 amide bonds. The Balaban J connectivity index is 2.01. The van der Waals surface area contributed by atoms with Crippen molar-refractivity contribution in [2.24, 2.45) is 5.22 Å². The highest BCUT2D eigenvalue weighted by Gasteiger charge is 2.37. The normalized spacial score (nSPS) is 24.4. The van der Waals surface area contributed by atoms with E-state index < -0.39 is 0 Å². The highest BCUT2D eigenvalue weighted by Crippen LogP contribution is 2.37. The number of hydrogen-bond donors (Lipinski definition) is 1. The average molecular weight is 298 g/mol. The van der Waals surface area contributed by atoms with Crippen molar-refractivity contribution in [3.05, 3.63) is 16.5 Å². The standard InChI is InChI=1S/C11H14ClN6O2/c1-6-3-19-4-7-5-20-9-8(2-14-17-13)15-11(12)16-10(9)18(6)7/h6-7H,2-5H2,1H3,(H-,13,14)/q-1. The number of nitrogens with one attached hydrogen (secondary N) is 1. The smallest absolute Gasteiger partial charge is 0.224 e. The molecule has 20 heavy (non-hydrogen) atoms. The molecule has 2 unspecified atom stereocenters. The number of anilines is 1. The Morgan fingerprint density at radius 2 is 2.30 bits per heavy atom. The van der Waals surface area contributed by atoms with Crippen molar-refractivity contribution in [2.75, 3.05) is 24.7 Å². The maximum absolute atomic E-state index is 8.50. The van der Waals surface area contributed by atoms with Crippen molar-refractivity contribution in [2.45, 2.75) is 25.6 Å². The lowest BCUT2D eigenvalue weighted by molar-refractivity contribution is 0.0483. The van der Waals surface area contributed by atoms with E-state index in [1.165, 1.54) is 0 Å². The zero-order chi connectivity index (χ0) is 14.1. The molecule has 0 radical (unpaired) electrons. The van der Waals surface area contributed by atoms with Gasteiger partial charge in [-0.3, -0.25) is 5.22 Å². The Kier molecular flexibility index (Phi) is 3.58. The maximum Gasteiger partial charge on any atom is 0.224 e. The Morgan fingerprint density at radius 3 is 3.10 bits per heavy atom. The molecule has 3 heterocycles. The van der Waals surface area contributed by atoms with E-state index in [2.05, 4.69) is 32.4 Å². The summed E-state index contributed by atoms with van der Waals surface area (Å²) in [5, 5.41) is 3.00. The molecule has 1 aromatic heterocycles. The number of morpholine rings is 1. The van der Waals surface area contributed by atoms with Crippen LogP contribution in [0.25, 0.3) is 5.53 Å². The lowest BCUT2D eigenvalue weighted by Crippen LogP contribution is -2.56. The molecule has 2 aliphatic rings. The molecule has 0 bridgehead atoms. The van der Waals surface area contributed by atoms with Crippen molar-refractivity contribution in [3.8, 4) is 5.75 Å². The Bertz CT molecular complexity index is 528. The molecule has 2 aliphatic heterocycles. The summed E-state index contributed by atoms with van der Waals surface area (Å²) >= 11 is 5.98. The van der Waals surface area contributed by atoms with Crippen molar-refractivity contribution < 1.29 is 9.47 Å². The van der Waals surface area contributed by atoms with Crippen LogP contribution in [0.1, 0.15) is 12.6 Å². The van der Waals surface area contributed by atoms with Crippen LogP contribution in [0.3, 0.4) is 0 Å². The molecule has 1 N–H and O–H groups in total. The SMILES string of the molecule is CC1COCC2COc3c(CNN=[N-])nc(Cl)nc3N12. The summed E-state index contributed by atoms with van der Waals surface area (Å²) in [7, 11) is 0. The van der Waals surface area contributed by atoms with Gasteiger partial charge in [0.1, 0.15) is 6.61 Å². The minimum atomic E-state index is 0.126. The van der Waals surface area contributed by atoms with Gasteiger partial charge in [-0.25, -0.2) is 4.98 Å².